The fraction of sp³-hybridized carbons (Fsp3) is 0.241. The molecule has 0 aliphatic heterocycles. The highest BCUT2D eigenvalue weighted by molar-refractivity contribution is 6.61. The predicted molar refractivity (Wildman–Crippen MR) is 150 cm³/mol. The highest BCUT2D eigenvalue weighted by Crippen LogP contribution is 2.29. The van der Waals surface area contributed by atoms with Crippen LogP contribution < -0.4 is 15.4 Å². The van der Waals surface area contributed by atoms with Crippen LogP contribution in [0.4, 0.5) is 0 Å². The number of nitrogens with one attached hydrogen (secondary N) is 2. The van der Waals surface area contributed by atoms with Crippen LogP contribution in [0.2, 0.25) is 6.04 Å². The second kappa shape index (κ2) is 15.9. The summed E-state index contributed by atoms with van der Waals surface area (Å²) in [5.74, 6) is -2.39. The van der Waals surface area contributed by atoms with Gasteiger partial charge in [-0.15, -0.1) is 0 Å². The van der Waals surface area contributed by atoms with Gasteiger partial charge in [-0.05, 0) is 48.2 Å². The van der Waals surface area contributed by atoms with E-state index in [1.165, 1.54) is 30.3 Å². The Balaban J connectivity index is 2.31. The summed E-state index contributed by atoms with van der Waals surface area (Å²) in [7, 11) is -3.58. The monoisotopic (exact) mass is 576 g/mol. The minimum absolute atomic E-state index is 0.0481. The maximum Gasteiger partial charge on any atom is 0.725 e. The van der Waals surface area contributed by atoms with Crippen molar-refractivity contribution in [3.05, 3.63) is 53.1 Å². The Bertz CT molecular complexity index is 1360. The number of hydrogen-bond donors (Lipinski definition) is 3. The first-order valence-electron chi connectivity index (χ1n) is 12.3. The molecule has 0 radical (unpaired) electrons. The summed E-state index contributed by atoms with van der Waals surface area (Å²) in [4.78, 5) is 48.6. The van der Waals surface area contributed by atoms with Crippen molar-refractivity contribution < 1.29 is 42.3 Å². The minimum Gasteiger partial charge on any atom is -0.478 e. The van der Waals surface area contributed by atoms with Gasteiger partial charge in [0.1, 0.15) is 5.75 Å². The van der Waals surface area contributed by atoms with Crippen molar-refractivity contribution in [2.45, 2.75) is 32.2 Å². The summed E-state index contributed by atoms with van der Waals surface area (Å²) in [6.45, 7) is 2.67. The van der Waals surface area contributed by atoms with Gasteiger partial charge < -0.3 is 33.8 Å². The lowest BCUT2D eigenvalue weighted by molar-refractivity contribution is -0.120. The summed E-state index contributed by atoms with van der Waals surface area (Å²) in [6, 6.07) is 8.74. The number of ether oxygens (including phenoxy) is 1. The molecule has 0 atom stereocenters. The van der Waals surface area contributed by atoms with E-state index in [4.69, 9.17) is 37.3 Å². The van der Waals surface area contributed by atoms with Crippen LogP contribution in [0, 0.1) is 37.6 Å². The Labute approximate surface area is 238 Å². The van der Waals surface area contributed by atoms with E-state index in [-0.39, 0.29) is 47.9 Å². The van der Waals surface area contributed by atoms with Crippen LogP contribution in [-0.2, 0) is 18.1 Å². The number of carboxylic acids is 1. The van der Waals surface area contributed by atoms with Gasteiger partial charge in [0.05, 0.1) is 41.1 Å². The van der Waals surface area contributed by atoms with Crippen LogP contribution in [0.3, 0.4) is 0 Å². The molecule has 0 aromatic heterocycles. The number of carbonyl (C=O) groups is 4. The van der Waals surface area contributed by atoms with E-state index in [0.29, 0.717) is 17.7 Å². The first-order chi connectivity index (χ1) is 19.7. The average molecular weight is 577 g/mol. The molecule has 0 aliphatic rings. The smallest absolute Gasteiger partial charge is 0.478 e. The number of amides is 2. The zero-order valence-corrected chi connectivity index (χ0v) is 23.2. The molecule has 2 aromatic carbocycles. The van der Waals surface area contributed by atoms with Gasteiger partial charge in [-0.3, -0.25) is 14.4 Å². The largest absolute Gasteiger partial charge is 0.725 e. The second-order valence-electron chi connectivity index (χ2n) is 8.30. The van der Waals surface area contributed by atoms with Crippen LogP contribution >= 0.6 is 0 Å². The minimum atomic E-state index is -3.58. The van der Waals surface area contributed by atoms with E-state index in [9.17, 15) is 24.3 Å². The number of aromatic carboxylic acids is 1. The van der Waals surface area contributed by atoms with Gasteiger partial charge in [0.15, 0.2) is 0 Å². The molecular weight excluding hydrogens is 548 g/mol. The first kappa shape index (κ1) is 31.8. The molecule has 2 aromatic rings. The van der Waals surface area contributed by atoms with Gasteiger partial charge in [0.2, 0.25) is 0 Å². The maximum absolute atomic E-state index is 13.0. The molecule has 212 valence electrons. The number of carbonyl (C=O) groups excluding carboxylic acids is 3. The van der Waals surface area contributed by atoms with Gasteiger partial charge >= 0.3 is 14.8 Å². The Kier molecular flexibility index (Phi) is 12.3. The SMILES string of the molecule is C#CO[Si](CCCNC(=O)c1cc(-c2ccc(OC=O)c(C(=O)NCCCC)c2)ccc1C(=O)O)(OC#C)OC#C. The number of unbranched alkanes of at least 4 members (excludes halogenated alkanes) is 1. The lowest BCUT2D eigenvalue weighted by atomic mass is 9.97. The molecule has 3 N–H and O–H groups in total. The van der Waals surface area contributed by atoms with Gasteiger partial charge in [-0.1, -0.05) is 44.7 Å². The molecule has 0 saturated carbocycles. The average Bonchev–Trinajstić information content (AvgIpc) is 2.95. The zero-order valence-electron chi connectivity index (χ0n) is 22.2. The Morgan fingerprint density at radius 1 is 0.854 bits per heavy atom. The molecule has 2 amide bonds. The summed E-state index contributed by atoms with van der Waals surface area (Å²) in [5, 5.41) is 15.1. The van der Waals surface area contributed by atoms with Crippen LogP contribution in [-0.4, -0.2) is 51.3 Å². The summed E-state index contributed by atoms with van der Waals surface area (Å²) >= 11 is 0. The summed E-state index contributed by atoms with van der Waals surface area (Å²) < 4.78 is 20.2. The number of terminal acetylenes is 3. The maximum atomic E-state index is 13.0. The Morgan fingerprint density at radius 2 is 1.39 bits per heavy atom. The van der Waals surface area contributed by atoms with E-state index in [0.717, 1.165) is 12.8 Å². The van der Waals surface area contributed by atoms with Crippen LogP contribution in [0.1, 0.15) is 57.3 Å². The van der Waals surface area contributed by atoms with Crippen molar-refractivity contribution in [1.82, 2.24) is 10.6 Å². The summed E-state index contributed by atoms with van der Waals surface area (Å²) in [6.07, 6.45) is 23.2. The van der Waals surface area contributed by atoms with Crippen molar-refractivity contribution >= 4 is 33.1 Å². The number of hydrogen-bond acceptors (Lipinski definition) is 8. The molecule has 0 fully saturated rings. The number of benzene rings is 2. The Morgan fingerprint density at radius 3 is 1.93 bits per heavy atom. The third-order valence-corrected chi connectivity index (χ3v) is 7.88. The number of rotatable bonds is 16. The second-order valence-corrected chi connectivity index (χ2v) is 10.8. The van der Waals surface area contributed by atoms with Crippen molar-refractivity contribution in [3.8, 4) is 54.5 Å². The topological polar surface area (TPSA) is 149 Å². The van der Waals surface area contributed by atoms with E-state index >= 15 is 0 Å². The lowest BCUT2D eigenvalue weighted by Crippen LogP contribution is -2.42. The molecule has 11 nitrogen and oxygen atoms in total. The molecule has 0 saturated heterocycles. The molecule has 0 bridgehead atoms. The highest BCUT2D eigenvalue weighted by atomic mass is 28.4. The lowest BCUT2D eigenvalue weighted by Gasteiger charge is -2.20. The van der Waals surface area contributed by atoms with E-state index in [2.05, 4.69) is 10.6 Å². The fourth-order valence-electron chi connectivity index (χ4n) is 3.70. The van der Waals surface area contributed by atoms with Gasteiger partial charge in [-0.25, -0.2) is 4.79 Å². The van der Waals surface area contributed by atoms with E-state index in [1.54, 1.807) is 6.07 Å². The van der Waals surface area contributed by atoms with E-state index in [1.807, 2.05) is 25.2 Å². The molecule has 12 heteroatoms. The zero-order chi connectivity index (χ0) is 30.3. The van der Waals surface area contributed by atoms with Crippen molar-refractivity contribution in [1.29, 1.82) is 0 Å². The van der Waals surface area contributed by atoms with Gasteiger partial charge in [0.25, 0.3) is 18.3 Å². The molecule has 0 spiro atoms. The Hall–Kier alpha value is -5.38. The number of carboxylic acid groups (broad SMARTS) is 1. The highest BCUT2D eigenvalue weighted by Gasteiger charge is 2.48. The fourth-order valence-corrected chi connectivity index (χ4v) is 5.28. The molecule has 0 unspecified atom stereocenters. The molecule has 2 rings (SSSR count). The van der Waals surface area contributed by atoms with Crippen molar-refractivity contribution in [3.63, 3.8) is 0 Å². The normalized spacial score (nSPS) is 10.1. The van der Waals surface area contributed by atoms with Crippen LogP contribution in [0.5, 0.6) is 5.75 Å². The standard InChI is InChI=1S/C29H28N2O9Si/c1-5-9-15-30-28(34)25-19-22(12-14-26(25)37-20-32)21-11-13-23(29(35)36)24(18-21)27(33)31-16-10-17-41(38-6-2,39-7-3)40-8-4/h2-4,11-14,18-20H,5,9-10,15-17H2,1H3,(H,30,34)(H,31,33)(H,35,36). The van der Waals surface area contributed by atoms with Crippen LogP contribution in [0.25, 0.3) is 11.1 Å². The van der Waals surface area contributed by atoms with Crippen LogP contribution in [0.15, 0.2) is 36.4 Å². The summed E-state index contributed by atoms with van der Waals surface area (Å²) in [5.41, 5.74) is 0.661. The van der Waals surface area contributed by atoms with E-state index < -0.39 is 26.6 Å². The molecule has 0 aliphatic carbocycles. The van der Waals surface area contributed by atoms with Crippen molar-refractivity contribution in [2.24, 2.45) is 0 Å². The third-order valence-electron chi connectivity index (χ3n) is 5.63. The van der Waals surface area contributed by atoms with Gasteiger partial charge in [0, 0.05) is 13.1 Å². The molecule has 41 heavy (non-hydrogen) atoms. The molecule has 0 heterocycles. The van der Waals surface area contributed by atoms with Gasteiger partial charge in [-0.2, -0.15) is 0 Å². The third kappa shape index (κ3) is 8.82. The molecular formula is C29H28N2O9Si. The predicted octanol–water partition coefficient (Wildman–Crippen LogP) is 3.00. The first-order valence-corrected chi connectivity index (χ1v) is 14.3. The van der Waals surface area contributed by atoms with Crippen molar-refractivity contribution in [2.75, 3.05) is 13.1 Å². The quantitative estimate of drug-likeness (QED) is 0.119.